The predicted octanol–water partition coefficient (Wildman–Crippen LogP) is 5.65. The van der Waals surface area contributed by atoms with Gasteiger partial charge < -0.3 is 29.2 Å². The van der Waals surface area contributed by atoms with Gasteiger partial charge in [-0.15, -0.1) is 0 Å². The largest absolute Gasteiger partial charge is 0.390 e. The third kappa shape index (κ3) is 4.59. The van der Waals surface area contributed by atoms with Gasteiger partial charge in [-0.1, -0.05) is 34.1 Å². The van der Waals surface area contributed by atoms with Crippen molar-refractivity contribution >= 4 is 0 Å². The highest BCUT2D eigenvalue weighted by Crippen LogP contribution is 2.89. The number of methoxy groups -OCH3 is 1. The molecule has 7 aliphatic rings. The van der Waals surface area contributed by atoms with E-state index in [1.165, 1.54) is 38.5 Å². The van der Waals surface area contributed by atoms with Crippen molar-refractivity contribution in [2.45, 2.75) is 142 Å². The van der Waals surface area contributed by atoms with Crippen LogP contribution in [0.5, 0.6) is 0 Å². The van der Waals surface area contributed by atoms with Gasteiger partial charge in [-0.3, -0.25) is 4.90 Å². The van der Waals surface area contributed by atoms with E-state index in [1.807, 2.05) is 7.11 Å². The summed E-state index contributed by atoms with van der Waals surface area (Å²) in [4.78, 5) is 2.52. The molecule has 0 radical (unpaired) electrons. The first-order valence-electron chi connectivity index (χ1n) is 18.3. The van der Waals surface area contributed by atoms with Crippen LogP contribution >= 0.6 is 0 Å². The van der Waals surface area contributed by atoms with E-state index in [2.05, 4.69) is 32.6 Å². The maximum absolute atomic E-state index is 10.5. The van der Waals surface area contributed by atoms with Crippen LogP contribution in [0.2, 0.25) is 0 Å². The average molecular weight is 618 g/mol. The minimum atomic E-state index is -1.04. The van der Waals surface area contributed by atoms with Gasteiger partial charge in [0.25, 0.3) is 0 Å². The van der Waals surface area contributed by atoms with Crippen LogP contribution in [0.4, 0.5) is 0 Å². The third-order valence-electron chi connectivity index (χ3n) is 15.7. The minimum absolute atomic E-state index is 0.119. The van der Waals surface area contributed by atoms with Crippen molar-refractivity contribution in [1.82, 2.24) is 4.90 Å². The van der Waals surface area contributed by atoms with Gasteiger partial charge in [-0.2, -0.15) is 0 Å². The molecule has 12 atom stereocenters. The lowest BCUT2D eigenvalue weighted by Crippen LogP contribution is -2.58. The number of aliphatic hydroxyl groups is 2. The number of rotatable bonds is 9. The van der Waals surface area contributed by atoms with E-state index in [-0.39, 0.29) is 17.8 Å². The van der Waals surface area contributed by atoms with Crippen molar-refractivity contribution in [2.75, 3.05) is 40.0 Å². The molecule has 7 fully saturated rings. The van der Waals surface area contributed by atoms with Crippen molar-refractivity contribution in [3.05, 3.63) is 0 Å². The Kier molecular flexibility index (Phi) is 8.17. The number of morpholine rings is 1. The molecule has 7 rings (SSSR count). The molecule has 7 nitrogen and oxygen atoms in total. The summed E-state index contributed by atoms with van der Waals surface area (Å²) in [5.41, 5.74) is 0.345. The van der Waals surface area contributed by atoms with Gasteiger partial charge in [0.2, 0.25) is 0 Å². The number of fused-ring (bicyclic) bond motifs is 2. The normalized spacial score (nSPS) is 49.3. The monoisotopic (exact) mass is 617 g/mol. The van der Waals surface area contributed by atoms with Crippen molar-refractivity contribution in [1.29, 1.82) is 0 Å². The Morgan fingerprint density at radius 3 is 2.48 bits per heavy atom. The van der Waals surface area contributed by atoms with Crippen molar-refractivity contribution in [2.24, 2.45) is 51.2 Å². The topological polar surface area (TPSA) is 80.6 Å². The average Bonchev–Trinajstić information content (AvgIpc) is 3.32. The van der Waals surface area contributed by atoms with Crippen molar-refractivity contribution < 1.29 is 29.2 Å². The zero-order valence-electron chi connectivity index (χ0n) is 28.9. The van der Waals surface area contributed by atoms with Crippen LogP contribution in [0.3, 0.4) is 0 Å². The predicted molar refractivity (Wildman–Crippen MR) is 170 cm³/mol. The molecule has 0 amide bonds. The number of hydrogen-bond donors (Lipinski definition) is 2. The first-order valence-corrected chi connectivity index (χ1v) is 18.3. The Morgan fingerprint density at radius 1 is 1.02 bits per heavy atom. The van der Waals surface area contributed by atoms with E-state index in [9.17, 15) is 10.2 Å². The van der Waals surface area contributed by atoms with Gasteiger partial charge in [0.15, 0.2) is 6.29 Å². The first-order chi connectivity index (χ1) is 20.8. The molecule has 5 saturated carbocycles. The minimum Gasteiger partial charge on any atom is -0.390 e. The van der Waals surface area contributed by atoms with E-state index in [4.69, 9.17) is 18.9 Å². The molecule has 2 aliphatic heterocycles. The number of aliphatic hydroxyl groups excluding tert-OH is 1. The fourth-order valence-electron chi connectivity index (χ4n) is 13.3. The van der Waals surface area contributed by atoms with Gasteiger partial charge in [-0.05, 0) is 123 Å². The molecule has 44 heavy (non-hydrogen) atoms. The highest BCUT2D eigenvalue weighted by atomic mass is 16.7. The van der Waals surface area contributed by atoms with Crippen LogP contribution in [0, 0.1) is 51.2 Å². The summed E-state index contributed by atoms with van der Waals surface area (Å²) in [5.74, 6) is 3.56. The molecule has 0 aromatic heterocycles. The van der Waals surface area contributed by atoms with E-state index in [0.717, 1.165) is 69.9 Å². The fourth-order valence-corrected chi connectivity index (χ4v) is 13.3. The molecular weight excluding hydrogens is 554 g/mol. The summed E-state index contributed by atoms with van der Waals surface area (Å²) in [5, 5.41) is 20.8. The SMILES string of the molecule is CO[C@@H]1CC2[C@@H]3CCC4C(C)(C)[C@@H](OC5CN(C6COC6)CCO5)CCC45[C@@H](C)[C@@]35CC[C@]2(C)C1CCC[C@H](O)C(C)(C)O. The van der Waals surface area contributed by atoms with E-state index in [1.54, 1.807) is 13.8 Å². The quantitative estimate of drug-likeness (QED) is 0.346. The lowest BCUT2D eigenvalue weighted by Gasteiger charge is -2.59. The molecular formula is C37H63NO6. The van der Waals surface area contributed by atoms with Gasteiger partial charge >= 0.3 is 0 Å². The summed E-state index contributed by atoms with van der Waals surface area (Å²) in [7, 11) is 1.93. The second-order valence-corrected chi connectivity index (χ2v) is 17.8. The number of ether oxygens (including phenoxy) is 4. The second kappa shape index (κ2) is 11.1. The first kappa shape index (κ1) is 32.3. The fraction of sp³-hybridized carbons (Fsp3) is 1.00. The highest BCUT2D eigenvalue weighted by molar-refractivity contribution is 5.32. The van der Waals surface area contributed by atoms with Crippen LogP contribution in [0.1, 0.15) is 106 Å². The summed E-state index contributed by atoms with van der Waals surface area (Å²) < 4.78 is 24.9. The summed E-state index contributed by atoms with van der Waals surface area (Å²) in [6, 6.07) is 0.541. The number of nitrogens with zero attached hydrogens (tertiary/aromatic N) is 1. The van der Waals surface area contributed by atoms with Gasteiger partial charge in [0.05, 0.1) is 56.3 Å². The molecule has 0 aromatic rings. The summed E-state index contributed by atoms with van der Waals surface area (Å²) in [6.45, 7) is 18.1. The standard InChI is InChI=1S/C37H63NO6/c1-23-36-16-15-35(6)26(9-8-10-30(39)34(4,5)40)28(41-7)19-27(35)25(36)11-12-29-33(2,3)31(13-14-37(23,29)36)44-32-20-38(17-18-43-32)24-21-42-22-24/h23-32,39-40H,8-22H2,1-7H3/t23-,25-,26?,27?,28+,29?,30-,31-,32?,35+,36-,37?/m0/s1. The molecule has 0 bridgehead atoms. The Morgan fingerprint density at radius 2 is 1.80 bits per heavy atom. The molecule has 2 heterocycles. The summed E-state index contributed by atoms with van der Waals surface area (Å²) >= 11 is 0. The molecule has 252 valence electrons. The van der Waals surface area contributed by atoms with Gasteiger partial charge in [-0.25, -0.2) is 0 Å². The Bertz CT molecular complexity index is 1060. The molecule has 2 saturated heterocycles. The van der Waals surface area contributed by atoms with E-state index in [0.29, 0.717) is 46.6 Å². The van der Waals surface area contributed by atoms with Crippen LogP contribution < -0.4 is 0 Å². The smallest absolute Gasteiger partial charge is 0.170 e. The lowest BCUT2D eigenvalue weighted by molar-refractivity contribution is -0.253. The van der Waals surface area contributed by atoms with Crippen LogP contribution in [0.25, 0.3) is 0 Å². The maximum Gasteiger partial charge on any atom is 0.170 e. The zero-order chi connectivity index (χ0) is 31.3. The molecule has 7 heteroatoms. The molecule has 5 unspecified atom stereocenters. The van der Waals surface area contributed by atoms with Crippen LogP contribution in [-0.2, 0) is 18.9 Å². The molecule has 5 aliphatic carbocycles. The Hall–Kier alpha value is -0.280. The maximum atomic E-state index is 10.5. The van der Waals surface area contributed by atoms with Crippen LogP contribution in [-0.4, -0.2) is 91.4 Å². The lowest BCUT2D eigenvalue weighted by atomic mass is 9.46. The van der Waals surface area contributed by atoms with E-state index >= 15 is 0 Å². The number of hydrogen-bond acceptors (Lipinski definition) is 7. The second-order valence-electron chi connectivity index (χ2n) is 17.8. The molecule has 2 spiro atoms. The Balaban J connectivity index is 1.06. The van der Waals surface area contributed by atoms with Crippen molar-refractivity contribution in [3.8, 4) is 0 Å². The summed E-state index contributed by atoms with van der Waals surface area (Å²) in [6.07, 6.45) is 11.5. The highest BCUT2D eigenvalue weighted by Gasteiger charge is 2.84. The Labute approximate surface area is 267 Å². The molecule has 2 N–H and O–H groups in total. The van der Waals surface area contributed by atoms with Gasteiger partial charge in [0, 0.05) is 13.7 Å². The van der Waals surface area contributed by atoms with E-state index < -0.39 is 11.7 Å². The van der Waals surface area contributed by atoms with Crippen LogP contribution in [0.15, 0.2) is 0 Å². The van der Waals surface area contributed by atoms with Gasteiger partial charge in [0.1, 0.15) is 0 Å². The molecule has 0 aromatic carbocycles. The van der Waals surface area contributed by atoms with Crippen molar-refractivity contribution in [3.63, 3.8) is 0 Å². The third-order valence-corrected chi connectivity index (χ3v) is 15.7. The zero-order valence-corrected chi connectivity index (χ0v) is 28.9.